The molecule has 27 heavy (non-hydrogen) atoms. The zero-order chi connectivity index (χ0) is 19.9. The molecule has 1 aliphatic rings. The number of sulfonamides is 1. The molecule has 0 radical (unpaired) electrons. The largest absolute Gasteiger partial charge is 0.355 e. The van der Waals surface area contributed by atoms with Gasteiger partial charge in [-0.2, -0.15) is 0 Å². The molecule has 9 nitrogen and oxygen atoms in total. The summed E-state index contributed by atoms with van der Waals surface area (Å²) in [6.45, 7) is 0.666. The number of benzene rings is 1. The van der Waals surface area contributed by atoms with Crippen LogP contribution in [0.5, 0.6) is 0 Å². The van der Waals surface area contributed by atoms with E-state index in [2.05, 4.69) is 10.0 Å². The molecule has 0 atom stereocenters. The molecule has 1 aromatic rings. The predicted octanol–water partition coefficient (Wildman–Crippen LogP) is 1.29. The SMILES string of the molecule is NCC1(CC(=O)NCCNS(=O)(=O)c2ccc([N+](=O)[O-])cc2)CCCCC1. The molecule has 10 heteroatoms. The van der Waals surface area contributed by atoms with Crippen molar-refractivity contribution in [2.24, 2.45) is 11.1 Å². The second-order valence-electron chi connectivity index (χ2n) is 6.94. The Morgan fingerprint density at radius 2 is 1.78 bits per heavy atom. The molecule has 1 fully saturated rings. The van der Waals surface area contributed by atoms with E-state index in [1.807, 2.05) is 0 Å². The van der Waals surface area contributed by atoms with Gasteiger partial charge >= 0.3 is 0 Å². The molecule has 1 saturated carbocycles. The zero-order valence-corrected chi connectivity index (χ0v) is 16.0. The lowest BCUT2D eigenvalue weighted by Crippen LogP contribution is -2.40. The summed E-state index contributed by atoms with van der Waals surface area (Å²) in [6, 6.07) is 4.61. The van der Waals surface area contributed by atoms with E-state index >= 15 is 0 Å². The summed E-state index contributed by atoms with van der Waals surface area (Å²) in [4.78, 5) is 22.1. The number of non-ortho nitro benzene ring substituents is 1. The Morgan fingerprint density at radius 1 is 1.15 bits per heavy atom. The van der Waals surface area contributed by atoms with Crippen LogP contribution < -0.4 is 15.8 Å². The van der Waals surface area contributed by atoms with Crippen LogP contribution in [-0.2, 0) is 14.8 Å². The molecule has 0 heterocycles. The van der Waals surface area contributed by atoms with Gasteiger partial charge in [0.05, 0.1) is 9.82 Å². The first-order chi connectivity index (χ1) is 12.8. The van der Waals surface area contributed by atoms with Crippen molar-refractivity contribution in [2.45, 2.75) is 43.4 Å². The van der Waals surface area contributed by atoms with E-state index in [1.165, 1.54) is 18.6 Å². The number of nitro groups is 1. The van der Waals surface area contributed by atoms with Crippen LogP contribution in [0.15, 0.2) is 29.2 Å². The van der Waals surface area contributed by atoms with Gasteiger partial charge < -0.3 is 11.1 Å². The fourth-order valence-corrected chi connectivity index (χ4v) is 4.41. The van der Waals surface area contributed by atoms with Gasteiger partial charge in [0.25, 0.3) is 5.69 Å². The van der Waals surface area contributed by atoms with Gasteiger partial charge in [-0.3, -0.25) is 14.9 Å². The predicted molar refractivity (Wildman–Crippen MR) is 100 cm³/mol. The summed E-state index contributed by atoms with van der Waals surface area (Å²) in [5, 5.41) is 13.3. The highest BCUT2D eigenvalue weighted by Crippen LogP contribution is 2.38. The van der Waals surface area contributed by atoms with Crippen LogP contribution in [-0.4, -0.2) is 38.9 Å². The van der Waals surface area contributed by atoms with Gasteiger partial charge in [0.1, 0.15) is 0 Å². The highest BCUT2D eigenvalue weighted by Gasteiger charge is 2.32. The van der Waals surface area contributed by atoms with Gasteiger partial charge in [0, 0.05) is 31.6 Å². The Bertz CT molecular complexity index is 758. The third-order valence-electron chi connectivity index (χ3n) is 4.98. The van der Waals surface area contributed by atoms with Gasteiger partial charge in [-0.05, 0) is 36.9 Å². The Balaban J connectivity index is 1.79. The van der Waals surface area contributed by atoms with E-state index in [-0.39, 0.29) is 35.0 Å². The molecule has 0 aromatic heterocycles. The third kappa shape index (κ3) is 5.98. The maximum Gasteiger partial charge on any atom is 0.269 e. The number of nitrogens with zero attached hydrogens (tertiary/aromatic N) is 1. The Kier molecular flexibility index (Phi) is 7.28. The molecular formula is C17H26N4O5S. The van der Waals surface area contributed by atoms with Crippen LogP contribution in [0.1, 0.15) is 38.5 Å². The van der Waals surface area contributed by atoms with Gasteiger partial charge in [-0.15, -0.1) is 0 Å². The van der Waals surface area contributed by atoms with Crippen LogP contribution in [0.3, 0.4) is 0 Å². The minimum atomic E-state index is -3.79. The number of amides is 1. The van der Waals surface area contributed by atoms with E-state index in [0.29, 0.717) is 13.0 Å². The maximum atomic E-state index is 12.2. The molecule has 0 bridgehead atoms. The minimum Gasteiger partial charge on any atom is -0.355 e. The fourth-order valence-electron chi connectivity index (χ4n) is 3.38. The van der Waals surface area contributed by atoms with E-state index in [0.717, 1.165) is 37.8 Å². The summed E-state index contributed by atoms with van der Waals surface area (Å²) < 4.78 is 26.7. The van der Waals surface area contributed by atoms with Gasteiger partial charge in [-0.1, -0.05) is 19.3 Å². The molecule has 0 unspecified atom stereocenters. The fraction of sp³-hybridized carbons (Fsp3) is 0.588. The van der Waals surface area contributed by atoms with Gasteiger partial charge in [0.15, 0.2) is 0 Å². The smallest absolute Gasteiger partial charge is 0.269 e. The standard InChI is InChI=1S/C17H26N4O5S/c18-13-17(8-2-1-3-9-17)12-16(22)19-10-11-20-27(25,26)15-6-4-14(5-7-15)21(23)24/h4-7,20H,1-3,8-13,18H2,(H,19,22). The monoisotopic (exact) mass is 398 g/mol. The van der Waals surface area contributed by atoms with Crippen LogP contribution in [0.2, 0.25) is 0 Å². The van der Waals surface area contributed by atoms with E-state index < -0.39 is 14.9 Å². The number of nitrogens with one attached hydrogen (secondary N) is 2. The zero-order valence-electron chi connectivity index (χ0n) is 15.1. The van der Waals surface area contributed by atoms with Crippen molar-refractivity contribution in [3.8, 4) is 0 Å². The van der Waals surface area contributed by atoms with Gasteiger partial charge in [0.2, 0.25) is 15.9 Å². The number of hydrogen-bond donors (Lipinski definition) is 3. The summed E-state index contributed by atoms with van der Waals surface area (Å²) in [5.74, 6) is -0.128. The van der Waals surface area contributed by atoms with Crippen molar-refractivity contribution in [1.29, 1.82) is 0 Å². The Hall–Kier alpha value is -2.04. The summed E-state index contributed by atoms with van der Waals surface area (Å²) in [6.07, 6.45) is 5.60. The van der Waals surface area contributed by atoms with Crippen LogP contribution in [0.25, 0.3) is 0 Å². The highest BCUT2D eigenvalue weighted by molar-refractivity contribution is 7.89. The number of carbonyl (C=O) groups is 1. The van der Waals surface area contributed by atoms with E-state index in [9.17, 15) is 23.3 Å². The van der Waals surface area contributed by atoms with Crippen molar-refractivity contribution >= 4 is 21.6 Å². The molecule has 0 spiro atoms. The normalized spacial score (nSPS) is 16.6. The Morgan fingerprint density at radius 3 is 2.33 bits per heavy atom. The lowest BCUT2D eigenvalue weighted by molar-refractivity contribution is -0.384. The van der Waals surface area contributed by atoms with Crippen molar-refractivity contribution in [2.75, 3.05) is 19.6 Å². The second kappa shape index (κ2) is 9.25. The maximum absolute atomic E-state index is 12.2. The first-order valence-electron chi connectivity index (χ1n) is 8.99. The number of nitro benzene ring substituents is 1. The first kappa shape index (κ1) is 21.3. The van der Waals surface area contributed by atoms with Crippen LogP contribution in [0.4, 0.5) is 5.69 Å². The topological polar surface area (TPSA) is 144 Å². The average Bonchev–Trinajstić information content (AvgIpc) is 2.66. The lowest BCUT2D eigenvalue weighted by Gasteiger charge is -2.35. The quantitative estimate of drug-likeness (QED) is 0.325. The average molecular weight is 398 g/mol. The molecule has 0 aliphatic heterocycles. The van der Waals surface area contributed by atoms with Crippen molar-refractivity contribution in [1.82, 2.24) is 10.0 Å². The van der Waals surface area contributed by atoms with Crippen LogP contribution in [0, 0.1) is 15.5 Å². The summed E-state index contributed by atoms with van der Waals surface area (Å²) >= 11 is 0. The molecule has 2 rings (SSSR count). The molecular weight excluding hydrogens is 372 g/mol. The van der Waals surface area contributed by atoms with E-state index in [1.54, 1.807) is 0 Å². The minimum absolute atomic E-state index is 0.0285. The lowest BCUT2D eigenvalue weighted by atomic mass is 9.71. The number of carbonyl (C=O) groups excluding carboxylic acids is 1. The van der Waals surface area contributed by atoms with Crippen molar-refractivity contribution in [3.05, 3.63) is 34.4 Å². The molecule has 1 aromatic carbocycles. The number of hydrogen-bond acceptors (Lipinski definition) is 6. The molecule has 1 amide bonds. The number of nitrogens with two attached hydrogens (primary N) is 1. The second-order valence-corrected chi connectivity index (χ2v) is 8.71. The molecule has 4 N–H and O–H groups in total. The first-order valence-corrected chi connectivity index (χ1v) is 10.5. The number of rotatable bonds is 9. The molecule has 1 aliphatic carbocycles. The summed E-state index contributed by atoms with van der Waals surface area (Å²) in [5.41, 5.74) is 5.56. The Labute approximate surface area is 158 Å². The van der Waals surface area contributed by atoms with Gasteiger partial charge in [-0.25, -0.2) is 13.1 Å². The third-order valence-corrected chi connectivity index (χ3v) is 6.46. The van der Waals surface area contributed by atoms with Crippen LogP contribution >= 0.6 is 0 Å². The van der Waals surface area contributed by atoms with E-state index in [4.69, 9.17) is 5.73 Å². The van der Waals surface area contributed by atoms with Crippen molar-refractivity contribution < 1.29 is 18.1 Å². The highest BCUT2D eigenvalue weighted by atomic mass is 32.2. The summed E-state index contributed by atoms with van der Waals surface area (Å²) in [7, 11) is -3.79. The van der Waals surface area contributed by atoms with Crippen molar-refractivity contribution in [3.63, 3.8) is 0 Å². The molecule has 0 saturated heterocycles. The molecule has 150 valence electrons.